The number of carbonyl (C=O) groups excluding carboxylic acids is 1. The number of aromatic nitrogens is 4. The highest BCUT2D eigenvalue weighted by atomic mass is 16.1. The molecule has 1 aromatic carbocycles. The van der Waals surface area contributed by atoms with Gasteiger partial charge in [-0.1, -0.05) is 24.3 Å². The molecule has 6 heteroatoms. The summed E-state index contributed by atoms with van der Waals surface area (Å²) in [4.78, 5) is 16.3. The van der Waals surface area contributed by atoms with Crippen LogP contribution in [0.1, 0.15) is 27.3 Å². The van der Waals surface area contributed by atoms with E-state index in [1.54, 1.807) is 30.3 Å². The molecule has 23 heavy (non-hydrogen) atoms. The molecule has 6 nitrogen and oxygen atoms in total. The number of aryl methyl sites for hydroxylation is 2. The molecule has 0 radical (unpaired) electrons. The van der Waals surface area contributed by atoms with E-state index in [2.05, 4.69) is 32.1 Å². The van der Waals surface area contributed by atoms with Crippen molar-refractivity contribution in [2.75, 3.05) is 0 Å². The summed E-state index contributed by atoms with van der Waals surface area (Å²) in [5.41, 5.74) is 2.81. The molecule has 0 fully saturated rings. The Morgan fingerprint density at radius 3 is 2.83 bits per heavy atom. The van der Waals surface area contributed by atoms with E-state index in [4.69, 9.17) is 0 Å². The molecule has 0 aliphatic heterocycles. The lowest BCUT2D eigenvalue weighted by Crippen LogP contribution is -2.22. The molecule has 3 aromatic rings. The zero-order valence-corrected chi connectivity index (χ0v) is 13.2. The van der Waals surface area contributed by atoms with Crippen LogP contribution in [0.2, 0.25) is 0 Å². The molecular formula is C17H19N5O. The summed E-state index contributed by atoms with van der Waals surface area (Å²) < 4.78 is 3.70. The highest BCUT2D eigenvalue weighted by Crippen LogP contribution is 2.09. The Bertz CT molecular complexity index is 818. The first-order valence-electron chi connectivity index (χ1n) is 7.44. The van der Waals surface area contributed by atoms with E-state index in [9.17, 15) is 4.79 Å². The highest BCUT2D eigenvalue weighted by Gasteiger charge is 2.07. The molecule has 1 amide bonds. The number of hydrogen-bond donors (Lipinski definition) is 1. The van der Waals surface area contributed by atoms with E-state index in [0.717, 1.165) is 17.9 Å². The van der Waals surface area contributed by atoms with Crippen molar-refractivity contribution < 1.29 is 4.79 Å². The van der Waals surface area contributed by atoms with Gasteiger partial charge in [-0.15, -0.1) is 0 Å². The van der Waals surface area contributed by atoms with Crippen LogP contribution < -0.4 is 5.32 Å². The van der Waals surface area contributed by atoms with Gasteiger partial charge >= 0.3 is 0 Å². The molecule has 0 saturated carbocycles. The summed E-state index contributed by atoms with van der Waals surface area (Å²) in [5.74, 6) is 0.870. The largest absolute Gasteiger partial charge is 0.348 e. The molecular weight excluding hydrogens is 290 g/mol. The monoisotopic (exact) mass is 309 g/mol. The molecule has 2 aromatic heterocycles. The maximum absolute atomic E-state index is 12.0. The van der Waals surface area contributed by atoms with Crippen molar-refractivity contribution in [3.05, 3.63) is 71.6 Å². The number of imidazole rings is 1. The van der Waals surface area contributed by atoms with Crippen molar-refractivity contribution in [1.82, 2.24) is 24.6 Å². The van der Waals surface area contributed by atoms with E-state index in [1.165, 1.54) is 5.56 Å². The van der Waals surface area contributed by atoms with Crippen molar-refractivity contribution in [1.29, 1.82) is 0 Å². The van der Waals surface area contributed by atoms with Gasteiger partial charge in [0.25, 0.3) is 5.91 Å². The summed E-state index contributed by atoms with van der Waals surface area (Å²) in [6.45, 7) is 3.25. The molecule has 0 aliphatic carbocycles. The average molecular weight is 309 g/mol. The Hall–Kier alpha value is -2.89. The summed E-state index contributed by atoms with van der Waals surface area (Å²) >= 11 is 0. The summed E-state index contributed by atoms with van der Waals surface area (Å²) in [6, 6.07) is 8.19. The highest BCUT2D eigenvalue weighted by molar-refractivity contribution is 5.93. The molecule has 0 spiro atoms. The van der Waals surface area contributed by atoms with Crippen LogP contribution in [0, 0.1) is 6.92 Å². The molecule has 0 atom stereocenters. The van der Waals surface area contributed by atoms with Gasteiger partial charge in [-0.25, -0.2) is 4.98 Å². The Labute approximate surface area is 134 Å². The van der Waals surface area contributed by atoms with Gasteiger partial charge in [0.15, 0.2) is 0 Å². The fraction of sp³-hybridized carbons (Fsp3) is 0.235. The lowest BCUT2D eigenvalue weighted by molar-refractivity contribution is 0.0951. The van der Waals surface area contributed by atoms with Gasteiger partial charge < -0.3 is 9.88 Å². The van der Waals surface area contributed by atoms with Crippen molar-refractivity contribution in [3.63, 3.8) is 0 Å². The van der Waals surface area contributed by atoms with Gasteiger partial charge in [0.05, 0.1) is 11.8 Å². The lowest BCUT2D eigenvalue weighted by atomic mass is 10.1. The predicted molar refractivity (Wildman–Crippen MR) is 86.9 cm³/mol. The third-order valence-corrected chi connectivity index (χ3v) is 3.69. The van der Waals surface area contributed by atoms with Crippen LogP contribution in [0.15, 0.2) is 49.1 Å². The van der Waals surface area contributed by atoms with Crippen molar-refractivity contribution in [2.24, 2.45) is 7.05 Å². The number of nitrogens with one attached hydrogen (secondary N) is 1. The average Bonchev–Trinajstić information content (AvgIpc) is 3.15. The topological polar surface area (TPSA) is 64.7 Å². The quantitative estimate of drug-likeness (QED) is 0.783. The zero-order chi connectivity index (χ0) is 16.2. The van der Waals surface area contributed by atoms with Crippen LogP contribution in [-0.2, 0) is 20.1 Å². The van der Waals surface area contributed by atoms with Crippen LogP contribution >= 0.6 is 0 Å². The number of nitrogens with zero attached hydrogens (tertiary/aromatic N) is 4. The Balaban J connectivity index is 1.63. The van der Waals surface area contributed by atoms with Crippen molar-refractivity contribution >= 4 is 5.91 Å². The first-order chi connectivity index (χ1) is 11.1. The molecule has 0 unspecified atom stereocenters. The number of rotatable bonds is 5. The van der Waals surface area contributed by atoms with Crippen molar-refractivity contribution in [2.45, 2.75) is 20.0 Å². The molecule has 0 saturated heterocycles. The Morgan fingerprint density at radius 1 is 1.30 bits per heavy atom. The SMILES string of the molecule is Cc1nccn1Cc1cccc(CNC(=O)c2cnn(C)c2)c1. The Morgan fingerprint density at radius 2 is 2.13 bits per heavy atom. The minimum atomic E-state index is -0.117. The van der Waals surface area contributed by atoms with Gasteiger partial charge in [-0.05, 0) is 18.1 Å². The van der Waals surface area contributed by atoms with Gasteiger partial charge in [-0.2, -0.15) is 5.10 Å². The number of hydrogen-bond acceptors (Lipinski definition) is 3. The second-order valence-corrected chi connectivity index (χ2v) is 5.51. The standard InChI is InChI=1S/C17H19N5O/c1-13-18-6-7-22(13)11-15-5-3-4-14(8-15)9-19-17(23)16-10-20-21(2)12-16/h3-8,10,12H,9,11H2,1-2H3,(H,19,23). The van der Waals surface area contributed by atoms with Crippen LogP contribution in [0.25, 0.3) is 0 Å². The number of benzene rings is 1. The minimum Gasteiger partial charge on any atom is -0.348 e. The molecule has 2 heterocycles. The smallest absolute Gasteiger partial charge is 0.254 e. The number of amides is 1. The molecule has 0 bridgehead atoms. The second-order valence-electron chi connectivity index (χ2n) is 5.51. The second kappa shape index (κ2) is 6.48. The summed E-state index contributed by atoms with van der Waals surface area (Å²) in [7, 11) is 1.79. The van der Waals surface area contributed by atoms with Crippen LogP contribution in [-0.4, -0.2) is 25.2 Å². The molecule has 3 rings (SSSR count). The zero-order valence-electron chi connectivity index (χ0n) is 13.2. The lowest BCUT2D eigenvalue weighted by Gasteiger charge is -2.08. The Kier molecular flexibility index (Phi) is 4.23. The van der Waals surface area contributed by atoms with Crippen LogP contribution in [0.5, 0.6) is 0 Å². The van der Waals surface area contributed by atoms with E-state index in [-0.39, 0.29) is 5.91 Å². The maximum atomic E-state index is 12.0. The first kappa shape index (κ1) is 15.0. The summed E-state index contributed by atoms with van der Waals surface area (Å²) in [5, 5.41) is 6.92. The van der Waals surface area contributed by atoms with Crippen LogP contribution in [0.4, 0.5) is 0 Å². The summed E-state index contributed by atoms with van der Waals surface area (Å²) in [6.07, 6.45) is 7.03. The van der Waals surface area contributed by atoms with Crippen molar-refractivity contribution in [3.8, 4) is 0 Å². The van der Waals surface area contributed by atoms with Gasteiger partial charge in [0, 0.05) is 38.7 Å². The van der Waals surface area contributed by atoms with Gasteiger partial charge in [0.1, 0.15) is 5.82 Å². The van der Waals surface area contributed by atoms with E-state index < -0.39 is 0 Å². The maximum Gasteiger partial charge on any atom is 0.254 e. The third-order valence-electron chi connectivity index (χ3n) is 3.69. The predicted octanol–water partition coefficient (Wildman–Crippen LogP) is 1.90. The van der Waals surface area contributed by atoms with Gasteiger partial charge in [-0.3, -0.25) is 9.48 Å². The van der Waals surface area contributed by atoms with E-state index in [0.29, 0.717) is 12.1 Å². The fourth-order valence-electron chi connectivity index (χ4n) is 2.43. The van der Waals surface area contributed by atoms with Crippen LogP contribution in [0.3, 0.4) is 0 Å². The molecule has 118 valence electrons. The normalized spacial score (nSPS) is 10.7. The van der Waals surface area contributed by atoms with Gasteiger partial charge in [0.2, 0.25) is 0 Å². The molecule has 1 N–H and O–H groups in total. The third kappa shape index (κ3) is 3.66. The fourth-order valence-corrected chi connectivity index (χ4v) is 2.43. The first-order valence-corrected chi connectivity index (χ1v) is 7.44. The van der Waals surface area contributed by atoms with E-state index >= 15 is 0 Å². The number of carbonyl (C=O) groups is 1. The molecule has 0 aliphatic rings. The van der Waals surface area contributed by atoms with E-state index in [1.807, 2.05) is 25.3 Å². The minimum absolute atomic E-state index is 0.117.